The van der Waals surface area contributed by atoms with Crippen molar-refractivity contribution in [1.82, 2.24) is 0 Å². The molecule has 0 amide bonds. The van der Waals surface area contributed by atoms with Gasteiger partial charge in [-0.25, -0.2) is 0 Å². The van der Waals surface area contributed by atoms with Crippen LogP contribution in [-0.4, -0.2) is 0 Å². The van der Waals surface area contributed by atoms with E-state index in [0.29, 0.717) is 0 Å². The molecule has 0 N–H and O–H groups in total. The van der Waals surface area contributed by atoms with Gasteiger partial charge in [-0.05, 0) is 162 Å². The standard InChI is InChI=1S/C54H52Br2S2/c1-5-7-9-11-13-37-19-27-41(28-20-37)53(39-23-15-35(3)16-24-39)45-31-44-46(32-43(45)51-47(53)33-49(55)57-51)54(40-25-17-36(4)18-26-40,48-34-50(56)58-52(44)48)42-29-21-38(22-30-42)14-12-10-8-6-2/h15-34H,5-14H2,1-4H3. The molecule has 9 rings (SSSR count). The second kappa shape index (κ2) is 16.5. The maximum absolute atomic E-state index is 4.01. The summed E-state index contributed by atoms with van der Waals surface area (Å²) in [5.74, 6) is 0. The van der Waals surface area contributed by atoms with E-state index in [0.717, 1.165) is 12.8 Å². The van der Waals surface area contributed by atoms with Crippen LogP contribution in [0, 0.1) is 13.8 Å². The van der Waals surface area contributed by atoms with Gasteiger partial charge in [-0.1, -0.05) is 161 Å². The highest BCUT2D eigenvalue weighted by Gasteiger charge is 2.52. The molecule has 2 aromatic heterocycles. The first-order valence-corrected chi connectivity index (χ1v) is 24.6. The van der Waals surface area contributed by atoms with Crippen molar-refractivity contribution < 1.29 is 0 Å². The number of unbranched alkanes of at least 4 members (excludes halogenated alkanes) is 6. The molecule has 0 aliphatic heterocycles. The summed E-state index contributed by atoms with van der Waals surface area (Å²) >= 11 is 11.8. The van der Waals surface area contributed by atoms with Crippen LogP contribution < -0.4 is 0 Å². The number of halogens is 2. The van der Waals surface area contributed by atoms with E-state index in [4.69, 9.17) is 0 Å². The molecule has 2 aliphatic carbocycles. The molecule has 0 fully saturated rings. The minimum absolute atomic E-state index is 0.458. The van der Waals surface area contributed by atoms with Gasteiger partial charge in [0.1, 0.15) is 0 Å². The zero-order chi connectivity index (χ0) is 40.0. The third-order valence-corrected chi connectivity index (χ3v) is 16.4. The fraction of sp³-hybridized carbons (Fsp3) is 0.296. The van der Waals surface area contributed by atoms with Crippen LogP contribution in [0.25, 0.3) is 20.9 Å². The maximum atomic E-state index is 4.01. The molecule has 2 aliphatic rings. The maximum Gasteiger partial charge on any atom is 0.0722 e. The van der Waals surface area contributed by atoms with E-state index in [1.807, 2.05) is 22.7 Å². The van der Waals surface area contributed by atoms with Gasteiger partial charge in [0.05, 0.1) is 18.4 Å². The Morgan fingerprint density at radius 2 is 0.759 bits per heavy atom. The molecule has 0 saturated heterocycles. The van der Waals surface area contributed by atoms with Gasteiger partial charge in [0.2, 0.25) is 0 Å². The van der Waals surface area contributed by atoms with E-state index >= 15 is 0 Å². The second-order valence-electron chi connectivity index (χ2n) is 16.8. The molecule has 0 saturated carbocycles. The Hall–Kier alpha value is -3.54. The van der Waals surface area contributed by atoms with Crippen LogP contribution >= 0.6 is 54.5 Å². The van der Waals surface area contributed by atoms with Gasteiger partial charge in [-0.15, -0.1) is 22.7 Å². The zero-order valence-electron chi connectivity index (χ0n) is 34.2. The van der Waals surface area contributed by atoms with Crippen molar-refractivity contribution >= 4 is 54.5 Å². The molecule has 4 heteroatoms. The van der Waals surface area contributed by atoms with E-state index < -0.39 is 10.8 Å². The molecular weight excluding hydrogens is 873 g/mol. The molecule has 294 valence electrons. The topological polar surface area (TPSA) is 0 Å². The van der Waals surface area contributed by atoms with Crippen LogP contribution in [0.2, 0.25) is 0 Å². The van der Waals surface area contributed by atoms with E-state index in [9.17, 15) is 0 Å². The molecule has 0 nitrogen and oxygen atoms in total. The molecule has 7 aromatic rings. The third-order valence-electron chi connectivity index (χ3n) is 13.0. The molecule has 0 spiro atoms. The second-order valence-corrected chi connectivity index (χ2v) is 21.6. The molecule has 2 atom stereocenters. The lowest BCUT2D eigenvalue weighted by atomic mass is 9.66. The number of hydrogen-bond donors (Lipinski definition) is 0. The summed E-state index contributed by atoms with van der Waals surface area (Å²) in [5, 5.41) is 0. The minimum Gasteiger partial charge on any atom is -0.128 e. The van der Waals surface area contributed by atoms with Crippen LogP contribution in [-0.2, 0) is 23.7 Å². The highest BCUT2D eigenvalue weighted by atomic mass is 79.9. The number of aryl methyl sites for hydroxylation is 4. The average molecular weight is 925 g/mol. The number of benzene rings is 5. The zero-order valence-corrected chi connectivity index (χ0v) is 39.0. The predicted molar refractivity (Wildman–Crippen MR) is 257 cm³/mol. The van der Waals surface area contributed by atoms with Crippen LogP contribution in [0.4, 0.5) is 0 Å². The van der Waals surface area contributed by atoms with Crippen molar-refractivity contribution in [3.05, 3.63) is 196 Å². The Kier molecular flexibility index (Phi) is 11.3. The minimum atomic E-state index is -0.458. The van der Waals surface area contributed by atoms with E-state index in [2.05, 4.69) is 181 Å². The lowest BCUT2D eigenvalue weighted by molar-refractivity contribution is 0.666. The van der Waals surface area contributed by atoms with E-state index in [1.54, 1.807) is 0 Å². The number of rotatable bonds is 14. The van der Waals surface area contributed by atoms with Crippen LogP contribution in [0.5, 0.6) is 0 Å². The average Bonchev–Trinajstić information content (AvgIpc) is 3.95. The van der Waals surface area contributed by atoms with Crippen LogP contribution in [0.3, 0.4) is 0 Å². The Morgan fingerprint density at radius 3 is 1.10 bits per heavy atom. The van der Waals surface area contributed by atoms with Gasteiger partial charge < -0.3 is 0 Å². The van der Waals surface area contributed by atoms with Gasteiger partial charge >= 0.3 is 0 Å². The predicted octanol–water partition coefficient (Wildman–Crippen LogP) is 16.9. The molecule has 0 bridgehead atoms. The van der Waals surface area contributed by atoms with Gasteiger partial charge in [0.15, 0.2) is 0 Å². The quantitative estimate of drug-likeness (QED) is 0.0954. The fourth-order valence-corrected chi connectivity index (χ4v) is 13.5. The summed E-state index contributed by atoms with van der Waals surface area (Å²) < 4.78 is 2.35. The highest BCUT2D eigenvalue weighted by Crippen LogP contribution is 2.65. The summed E-state index contributed by atoms with van der Waals surface area (Å²) in [6, 6.07) is 48.2. The Morgan fingerprint density at radius 1 is 0.414 bits per heavy atom. The largest absolute Gasteiger partial charge is 0.128 e. The van der Waals surface area contributed by atoms with E-state index in [-0.39, 0.29) is 0 Å². The van der Waals surface area contributed by atoms with Gasteiger partial charge in [0.25, 0.3) is 0 Å². The lowest BCUT2D eigenvalue weighted by Gasteiger charge is -2.35. The summed E-state index contributed by atoms with van der Waals surface area (Å²) in [5.41, 5.74) is 18.1. The summed E-state index contributed by atoms with van der Waals surface area (Å²) in [4.78, 5) is 2.73. The molecule has 2 heterocycles. The molecular formula is C54H52Br2S2. The van der Waals surface area contributed by atoms with Crippen molar-refractivity contribution in [2.75, 3.05) is 0 Å². The van der Waals surface area contributed by atoms with Crippen molar-refractivity contribution in [3.8, 4) is 20.9 Å². The SMILES string of the molecule is CCCCCCc1ccc(C2(c3ccc(C)cc3)c3cc4c(cc3-c3sc(Br)cc32)C(c2ccc(C)cc2)(c2ccc(CCCCCC)cc2)c2cc(Br)sc2-4)cc1. The normalized spacial score (nSPS) is 17.6. The third kappa shape index (κ3) is 6.66. The first kappa shape index (κ1) is 39.9. The Bertz CT molecular complexity index is 2370. The molecule has 5 aromatic carbocycles. The molecule has 58 heavy (non-hydrogen) atoms. The lowest BCUT2D eigenvalue weighted by Crippen LogP contribution is -2.30. The molecule has 2 unspecified atom stereocenters. The number of thiophene rings is 2. The van der Waals surface area contributed by atoms with Gasteiger partial charge in [-0.3, -0.25) is 0 Å². The number of hydrogen-bond acceptors (Lipinski definition) is 2. The van der Waals surface area contributed by atoms with Crippen molar-refractivity contribution in [3.63, 3.8) is 0 Å². The summed E-state index contributed by atoms with van der Waals surface area (Å²) in [7, 11) is 0. The fourth-order valence-electron chi connectivity index (χ4n) is 10.1. The van der Waals surface area contributed by atoms with Crippen molar-refractivity contribution in [1.29, 1.82) is 0 Å². The van der Waals surface area contributed by atoms with E-state index in [1.165, 1.54) is 147 Å². The number of fused-ring (bicyclic) bond motifs is 6. The first-order chi connectivity index (χ1) is 28.3. The summed E-state index contributed by atoms with van der Waals surface area (Å²) in [6.45, 7) is 8.98. The van der Waals surface area contributed by atoms with Crippen LogP contribution in [0.1, 0.15) is 132 Å². The highest BCUT2D eigenvalue weighted by molar-refractivity contribution is 9.11. The summed E-state index contributed by atoms with van der Waals surface area (Å²) in [6.07, 6.45) is 12.5. The Balaban J connectivity index is 1.29. The molecule has 0 radical (unpaired) electrons. The smallest absolute Gasteiger partial charge is 0.0722 e. The monoisotopic (exact) mass is 922 g/mol. The van der Waals surface area contributed by atoms with Crippen molar-refractivity contribution in [2.24, 2.45) is 0 Å². The first-order valence-electron chi connectivity index (χ1n) is 21.4. The van der Waals surface area contributed by atoms with Crippen LogP contribution in [0.15, 0.2) is 129 Å². The Labute approximate surface area is 371 Å². The van der Waals surface area contributed by atoms with Gasteiger partial charge in [0, 0.05) is 9.75 Å². The van der Waals surface area contributed by atoms with Gasteiger partial charge in [-0.2, -0.15) is 0 Å². The van der Waals surface area contributed by atoms with Crippen molar-refractivity contribution in [2.45, 2.75) is 103 Å².